The molecule has 0 aromatic heterocycles. The molecule has 0 radical (unpaired) electrons. The van der Waals surface area contributed by atoms with Crippen molar-refractivity contribution in [2.75, 3.05) is 6.54 Å². The van der Waals surface area contributed by atoms with Crippen LogP contribution in [0.4, 0.5) is 0 Å². The van der Waals surface area contributed by atoms with E-state index in [9.17, 15) is 0 Å². The molecule has 2 fully saturated rings. The summed E-state index contributed by atoms with van der Waals surface area (Å²) < 4.78 is 0. The van der Waals surface area contributed by atoms with Gasteiger partial charge in [-0.05, 0) is 50.0 Å². The molecule has 2 saturated carbocycles. The predicted molar refractivity (Wildman–Crippen MR) is 47.2 cm³/mol. The van der Waals surface area contributed by atoms with Crippen LogP contribution in [0.25, 0.3) is 0 Å². The number of hydrogen-bond donors (Lipinski definition) is 1. The summed E-state index contributed by atoms with van der Waals surface area (Å²) in [6.45, 7) is 0.946. The summed E-state index contributed by atoms with van der Waals surface area (Å²) in [7, 11) is 0. The second-order valence-corrected chi connectivity index (χ2v) is 4.28. The molecule has 0 unspecified atom stereocenters. The molecule has 0 heterocycles. The minimum Gasteiger partial charge on any atom is -0.330 e. The van der Waals surface area contributed by atoms with Crippen molar-refractivity contribution in [1.82, 2.24) is 0 Å². The van der Waals surface area contributed by atoms with Gasteiger partial charge in [-0.1, -0.05) is 12.8 Å². The number of nitrogens with two attached hydrogens (primary N) is 1. The zero-order chi connectivity index (χ0) is 7.68. The molecule has 1 heteroatoms. The van der Waals surface area contributed by atoms with Crippen molar-refractivity contribution in [1.29, 1.82) is 0 Å². The molecule has 2 aliphatic rings. The quantitative estimate of drug-likeness (QED) is 0.646. The third-order valence-corrected chi connectivity index (χ3v) is 3.50. The number of rotatable bonds is 2. The average molecular weight is 153 g/mol. The van der Waals surface area contributed by atoms with Crippen molar-refractivity contribution in [3.8, 4) is 0 Å². The molecule has 0 amide bonds. The van der Waals surface area contributed by atoms with E-state index in [-0.39, 0.29) is 0 Å². The lowest BCUT2D eigenvalue weighted by Gasteiger charge is -2.30. The van der Waals surface area contributed by atoms with Gasteiger partial charge in [0.2, 0.25) is 0 Å². The first-order valence-electron chi connectivity index (χ1n) is 5.12. The van der Waals surface area contributed by atoms with Crippen LogP contribution < -0.4 is 5.73 Å². The van der Waals surface area contributed by atoms with Crippen molar-refractivity contribution in [2.45, 2.75) is 38.5 Å². The van der Waals surface area contributed by atoms with Crippen LogP contribution in [-0.4, -0.2) is 6.54 Å². The normalized spacial score (nSPS) is 39.0. The van der Waals surface area contributed by atoms with Crippen LogP contribution in [0.15, 0.2) is 0 Å². The summed E-state index contributed by atoms with van der Waals surface area (Å²) in [5.41, 5.74) is 5.76. The molecule has 2 atom stereocenters. The summed E-state index contributed by atoms with van der Waals surface area (Å²) in [5, 5.41) is 0. The fraction of sp³-hybridized carbons (Fsp3) is 1.00. The fourth-order valence-electron chi connectivity index (χ4n) is 2.67. The summed E-state index contributed by atoms with van der Waals surface area (Å²) in [6.07, 6.45) is 8.80. The molecular formula is C10H19N. The Morgan fingerprint density at radius 2 is 1.73 bits per heavy atom. The van der Waals surface area contributed by atoms with Gasteiger partial charge in [-0.15, -0.1) is 0 Å². The molecule has 1 nitrogen and oxygen atoms in total. The van der Waals surface area contributed by atoms with Crippen molar-refractivity contribution in [3.63, 3.8) is 0 Å². The monoisotopic (exact) mass is 153 g/mol. The minimum atomic E-state index is 0.885. The van der Waals surface area contributed by atoms with Gasteiger partial charge < -0.3 is 5.73 Å². The Bertz CT molecular complexity index is 129. The number of hydrogen-bond acceptors (Lipinski definition) is 1. The van der Waals surface area contributed by atoms with E-state index in [0.717, 1.165) is 24.3 Å². The topological polar surface area (TPSA) is 26.0 Å². The highest BCUT2D eigenvalue weighted by Crippen LogP contribution is 2.46. The third-order valence-electron chi connectivity index (χ3n) is 3.50. The van der Waals surface area contributed by atoms with E-state index in [1.165, 1.54) is 38.5 Å². The van der Waals surface area contributed by atoms with E-state index >= 15 is 0 Å². The molecule has 2 rings (SSSR count). The first kappa shape index (κ1) is 7.60. The van der Waals surface area contributed by atoms with Crippen LogP contribution in [0.3, 0.4) is 0 Å². The average Bonchev–Trinajstić information content (AvgIpc) is 2.87. The zero-order valence-electron chi connectivity index (χ0n) is 7.26. The smallest absolute Gasteiger partial charge is 0.00461 e. The van der Waals surface area contributed by atoms with Gasteiger partial charge in [0.25, 0.3) is 0 Å². The van der Waals surface area contributed by atoms with Crippen LogP contribution in [0.1, 0.15) is 38.5 Å². The van der Waals surface area contributed by atoms with Crippen LogP contribution in [0.5, 0.6) is 0 Å². The van der Waals surface area contributed by atoms with Crippen molar-refractivity contribution >= 4 is 0 Å². The highest BCUT2D eigenvalue weighted by molar-refractivity contribution is 4.88. The molecule has 0 aliphatic heterocycles. The van der Waals surface area contributed by atoms with E-state index in [0.29, 0.717) is 0 Å². The van der Waals surface area contributed by atoms with Crippen LogP contribution in [-0.2, 0) is 0 Å². The molecule has 2 N–H and O–H groups in total. The lowest BCUT2D eigenvalue weighted by Crippen LogP contribution is -2.27. The maximum atomic E-state index is 5.76. The Balaban J connectivity index is 1.91. The van der Waals surface area contributed by atoms with Gasteiger partial charge in [0.05, 0.1) is 0 Å². The maximum absolute atomic E-state index is 5.76. The molecule has 0 bridgehead atoms. The maximum Gasteiger partial charge on any atom is -0.00461 e. The van der Waals surface area contributed by atoms with Gasteiger partial charge in [-0.3, -0.25) is 0 Å². The van der Waals surface area contributed by atoms with E-state index in [1.54, 1.807) is 0 Å². The summed E-state index contributed by atoms with van der Waals surface area (Å²) in [5.74, 6) is 2.99. The molecule has 0 aromatic rings. The predicted octanol–water partition coefficient (Wildman–Crippen LogP) is 2.16. The highest BCUT2D eigenvalue weighted by atomic mass is 14.6. The first-order valence-corrected chi connectivity index (χ1v) is 5.12. The molecule has 64 valence electrons. The molecule has 0 aromatic carbocycles. The molecular weight excluding hydrogens is 134 g/mol. The van der Waals surface area contributed by atoms with Crippen molar-refractivity contribution in [2.24, 2.45) is 23.5 Å². The summed E-state index contributed by atoms with van der Waals surface area (Å²) in [4.78, 5) is 0. The van der Waals surface area contributed by atoms with Gasteiger partial charge >= 0.3 is 0 Å². The Labute approximate surface area is 69.4 Å². The SMILES string of the molecule is NC[C@H]1CCCC[C@@H]1C1CC1. The van der Waals surface area contributed by atoms with Crippen LogP contribution in [0.2, 0.25) is 0 Å². The van der Waals surface area contributed by atoms with Crippen LogP contribution >= 0.6 is 0 Å². The van der Waals surface area contributed by atoms with Crippen molar-refractivity contribution in [3.05, 3.63) is 0 Å². The molecule has 0 saturated heterocycles. The van der Waals surface area contributed by atoms with E-state index in [2.05, 4.69) is 0 Å². The standard InChI is InChI=1S/C10H19N/c11-7-9-3-1-2-4-10(9)8-5-6-8/h8-10H,1-7,11H2/t9-,10-/m1/s1. The second kappa shape index (κ2) is 3.14. The molecule has 11 heavy (non-hydrogen) atoms. The van der Waals surface area contributed by atoms with Gasteiger partial charge in [0.1, 0.15) is 0 Å². The lowest BCUT2D eigenvalue weighted by molar-refractivity contribution is 0.216. The summed E-state index contributed by atoms with van der Waals surface area (Å²) in [6, 6.07) is 0. The van der Waals surface area contributed by atoms with Gasteiger partial charge in [0, 0.05) is 0 Å². The summed E-state index contributed by atoms with van der Waals surface area (Å²) >= 11 is 0. The molecule has 2 aliphatic carbocycles. The Kier molecular flexibility index (Phi) is 2.17. The van der Waals surface area contributed by atoms with Gasteiger partial charge in [-0.2, -0.15) is 0 Å². The Morgan fingerprint density at radius 1 is 1.00 bits per heavy atom. The third kappa shape index (κ3) is 1.58. The van der Waals surface area contributed by atoms with Gasteiger partial charge in [-0.25, -0.2) is 0 Å². The van der Waals surface area contributed by atoms with Gasteiger partial charge in [0.15, 0.2) is 0 Å². The lowest BCUT2D eigenvalue weighted by atomic mass is 9.76. The highest BCUT2D eigenvalue weighted by Gasteiger charge is 2.36. The first-order chi connectivity index (χ1) is 5.42. The van der Waals surface area contributed by atoms with E-state index < -0.39 is 0 Å². The van der Waals surface area contributed by atoms with Crippen LogP contribution in [0, 0.1) is 17.8 Å². The fourth-order valence-corrected chi connectivity index (χ4v) is 2.67. The van der Waals surface area contributed by atoms with E-state index in [4.69, 9.17) is 5.73 Å². The van der Waals surface area contributed by atoms with Crippen molar-refractivity contribution < 1.29 is 0 Å². The van der Waals surface area contributed by atoms with E-state index in [1.807, 2.05) is 0 Å². The molecule has 0 spiro atoms. The second-order valence-electron chi connectivity index (χ2n) is 4.28. The Morgan fingerprint density at radius 3 is 2.36 bits per heavy atom. The Hall–Kier alpha value is -0.0400. The minimum absolute atomic E-state index is 0.885. The largest absolute Gasteiger partial charge is 0.330 e. The zero-order valence-corrected chi connectivity index (χ0v) is 7.26.